The molecule has 0 bridgehead atoms. The summed E-state index contributed by atoms with van der Waals surface area (Å²) in [5, 5.41) is 3.92. The molecule has 0 aliphatic rings. The average Bonchev–Trinajstić information content (AvgIpc) is 2.86. The number of hydrogen-bond donors (Lipinski definition) is 0. The van der Waals surface area contributed by atoms with Crippen molar-refractivity contribution in [3.63, 3.8) is 0 Å². The second-order valence-electron chi connectivity index (χ2n) is 4.38. The van der Waals surface area contributed by atoms with Gasteiger partial charge in [0.15, 0.2) is 11.6 Å². The average molecular weight is 272 g/mol. The van der Waals surface area contributed by atoms with Gasteiger partial charge in [0.2, 0.25) is 0 Å². The number of carbonyl (C=O) groups is 2. The minimum Gasteiger partial charge on any atom is -0.494 e. The van der Waals surface area contributed by atoms with Crippen LogP contribution in [-0.2, 0) is 7.05 Å². The van der Waals surface area contributed by atoms with Crippen LogP contribution in [0.1, 0.15) is 34.1 Å². The van der Waals surface area contributed by atoms with Gasteiger partial charge in [-0.3, -0.25) is 14.3 Å². The standard InChI is InChI=1S/C15H16N2O3/c1-3-20-13-6-4-11(5-7-13)14(18)8-15(19)12-9-16-17(2)10-12/h4-7,9-10H,3,8H2,1-2H3. The molecule has 2 aromatic rings. The van der Waals surface area contributed by atoms with E-state index in [1.807, 2.05) is 6.92 Å². The van der Waals surface area contributed by atoms with E-state index >= 15 is 0 Å². The second kappa shape index (κ2) is 6.14. The highest BCUT2D eigenvalue weighted by molar-refractivity contribution is 6.13. The number of nitrogens with zero attached hydrogens (tertiary/aromatic N) is 2. The molecule has 5 heteroatoms. The molecule has 20 heavy (non-hydrogen) atoms. The number of Topliss-reactive ketones (excluding diaryl/α,β-unsaturated/α-hetero) is 2. The highest BCUT2D eigenvalue weighted by Crippen LogP contribution is 2.14. The Morgan fingerprint density at radius 1 is 1.15 bits per heavy atom. The normalized spacial score (nSPS) is 10.3. The molecule has 0 aliphatic heterocycles. The molecule has 0 aliphatic carbocycles. The SMILES string of the molecule is CCOc1ccc(C(=O)CC(=O)c2cnn(C)c2)cc1. The van der Waals surface area contributed by atoms with Gasteiger partial charge in [0, 0.05) is 18.8 Å². The summed E-state index contributed by atoms with van der Waals surface area (Å²) >= 11 is 0. The molecule has 0 N–H and O–H groups in total. The van der Waals surface area contributed by atoms with Crippen LogP contribution in [-0.4, -0.2) is 28.0 Å². The lowest BCUT2D eigenvalue weighted by molar-refractivity contribution is 0.0894. The third-order valence-electron chi connectivity index (χ3n) is 2.84. The molecule has 104 valence electrons. The van der Waals surface area contributed by atoms with Gasteiger partial charge in [-0.2, -0.15) is 5.10 Å². The van der Waals surface area contributed by atoms with Crippen molar-refractivity contribution in [2.75, 3.05) is 6.61 Å². The Balaban J connectivity index is 2.02. The van der Waals surface area contributed by atoms with Crippen LogP contribution < -0.4 is 4.74 Å². The van der Waals surface area contributed by atoms with Gasteiger partial charge in [0.05, 0.1) is 24.8 Å². The van der Waals surface area contributed by atoms with E-state index in [4.69, 9.17) is 4.74 Å². The van der Waals surface area contributed by atoms with Crippen LogP contribution in [0.15, 0.2) is 36.7 Å². The summed E-state index contributed by atoms with van der Waals surface area (Å²) in [6, 6.07) is 6.80. The molecule has 0 atom stereocenters. The largest absolute Gasteiger partial charge is 0.494 e. The van der Waals surface area contributed by atoms with E-state index in [1.165, 1.54) is 10.9 Å². The summed E-state index contributed by atoms with van der Waals surface area (Å²) in [6.07, 6.45) is 2.92. The fourth-order valence-corrected chi connectivity index (χ4v) is 1.82. The van der Waals surface area contributed by atoms with Crippen molar-refractivity contribution in [2.24, 2.45) is 7.05 Å². The van der Waals surface area contributed by atoms with Gasteiger partial charge >= 0.3 is 0 Å². The van der Waals surface area contributed by atoms with Crippen LogP contribution in [0.2, 0.25) is 0 Å². The van der Waals surface area contributed by atoms with Crippen LogP contribution in [0.3, 0.4) is 0 Å². The first-order chi connectivity index (χ1) is 9.60. The van der Waals surface area contributed by atoms with Gasteiger partial charge in [-0.1, -0.05) is 0 Å². The van der Waals surface area contributed by atoms with E-state index in [9.17, 15) is 9.59 Å². The van der Waals surface area contributed by atoms with Gasteiger partial charge in [-0.05, 0) is 31.2 Å². The van der Waals surface area contributed by atoms with Crippen LogP contribution in [0.4, 0.5) is 0 Å². The summed E-state index contributed by atoms with van der Waals surface area (Å²) in [7, 11) is 1.73. The molecule has 0 fully saturated rings. The number of benzene rings is 1. The molecular weight excluding hydrogens is 256 g/mol. The first kappa shape index (κ1) is 14.0. The van der Waals surface area contributed by atoms with Gasteiger partial charge < -0.3 is 4.74 Å². The Bertz CT molecular complexity index is 614. The number of ether oxygens (including phenoxy) is 1. The molecule has 0 unspecified atom stereocenters. The number of hydrogen-bond acceptors (Lipinski definition) is 4. The molecule has 1 heterocycles. The number of aromatic nitrogens is 2. The highest BCUT2D eigenvalue weighted by atomic mass is 16.5. The molecule has 0 saturated heterocycles. The number of rotatable bonds is 6. The van der Waals surface area contributed by atoms with Gasteiger partial charge in [0.25, 0.3) is 0 Å². The lowest BCUT2D eigenvalue weighted by atomic mass is 10.0. The molecule has 5 nitrogen and oxygen atoms in total. The van der Waals surface area contributed by atoms with Crippen LogP contribution in [0.25, 0.3) is 0 Å². The summed E-state index contributed by atoms with van der Waals surface area (Å²) in [4.78, 5) is 23.9. The van der Waals surface area contributed by atoms with Gasteiger partial charge in [0.1, 0.15) is 5.75 Å². The summed E-state index contributed by atoms with van der Waals surface area (Å²) in [5.41, 5.74) is 0.956. The lowest BCUT2D eigenvalue weighted by Gasteiger charge is -2.04. The number of carbonyl (C=O) groups excluding carboxylic acids is 2. The topological polar surface area (TPSA) is 61.2 Å². The molecule has 1 aromatic carbocycles. The van der Waals surface area contributed by atoms with Crippen molar-refractivity contribution in [1.82, 2.24) is 9.78 Å². The Kier molecular flexibility index (Phi) is 4.30. The van der Waals surface area contributed by atoms with E-state index in [0.717, 1.165) is 0 Å². The van der Waals surface area contributed by atoms with Gasteiger partial charge in [-0.25, -0.2) is 0 Å². The fourth-order valence-electron chi connectivity index (χ4n) is 1.82. The third-order valence-corrected chi connectivity index (χ3v) is 2.84. The molecule has 2 rings (SSSR count). The van der Waals surface area contributed by atoms with Gasteiger partial charge in [-0.15, -0.1) is 0 Å². The molecule has 0 spiro atoms. The first-order valence-corrected chi connectivity index (χ1v) is 6.38. The van der Waals surface area contributed by atoms with E-state index in [2.05, 4.69) is 5.10 Å². The third kappa shape index (κ3) is 3.32. The van der Waals surface area contributed by atoms with E-state index < -0.39 is 0 Å². The number of ketones is 2. The lowest BCUT2D eigenvalue weighted by Crippen LogP contribution is -2.08. The van der Waals surface area contributed by atoms with E-state index in [-0.39, 0.29) is 18.0 Å². The van der Waals surface area contributed by atoms with Crippen molar-refractivity contribution in [3.8, 4) is 5.75 Å². The quantitative estimate of drug-likeness (QED) is 0.598. The van der Waals surface area contributed by atoms with E-state index in [0.29, 0.717) is 23.5 Å². The van der Waals surface area contributed by atoms with Crippen molar-refractivity contribution in [2.45, 2.75) is 13.3 Å². The molecule has 1 aromatic heterocycles. The van der Waals surface area contributed by atoms with Crippen LogP contribution in [0, 0.1) is 0 Å². The minimum atomic E-state index is -0.225. The smallest absolute Gasteiger partial charge is 0.173 e. The maximum Gasteiger partial charge on any atom is 0.173 e. The van der Waals surface area contributed by atoms with Crippen molar-refractivity contribution in [1.29, 1.82) is 0 Å². The predicted molar refractivity (Wildman–Crippen MR) is 74.1 cm³/mol. The van der Waals surface area contributed by atoms with Crippen molar-refractivity contribution in [3.05, 3.63) is 47.8 Å². The maximum atomic E-state index is 12.0. The monoisotopic (exact) mass is 272 g/mol. The van der Waals surface area contributed by atoms with Crippen LogP contribution in [0.5, 0.6) is 5.75 Å². The Morgan fingerprint density at radius 3 is 2.35 bits per heavy atom. The number of aryl methyl sites for hydroxylation is 1. The Hall–Kier alpha value is -2.43. The first-order valence-electron chi connectivity index (χ1n) is 6.38. The molecule has 0 radical (unpaired) electrons. The molecule has 0 amide bonds. The minimum absolute atomic E-state index is 0.153. The molecular formula is C15H16N2O3. The summed E-state index contributed by atoms with van der Waals surface area (Å²) < 4.78 is 6.84. The fraction of sp³-hybridized carbons (Fsp3) is 0.267. The second-order valence-corrected chi connectivity index (χ2v) is 4.38. The zero-order chi connectivity index (χ0) is 14.5. The summed E-state index contributed by atoms with van der Waals surface area (Å²) in [5.74, 6) is 0.279. The Morgan fingerprint density at radius 2 is 1.80 bits per heavy atom. The Labute approximate surface area is 117 Å². The molecule has 0 saturated carbocycles. The van der Waals surface area contributed by atoms with Crippen LogP contribution >= 0.6 is 0 Å². The van der Waals surface area contributed by atoms with Crippen molar-refractivity contribution < 1.29 is 14.3 Å². The summed E-state index contributed by atoms with van der Waals surface area (Å²) in [6.45, 7) is 2.47. The predicted octanol–water partition coefficient (Wildman–Crippen LogP) is 2.27. The van der Waals surface area contributed by atoms with Crippen molar-refractivity contribution >= 4 is 11.6 Å². The van der Waals surface area contributed by atoms with E-state index in [1.54, 1.807) is 37.5 Å². The zero-order valence-corrected chi connectivity index (χ0v) is 11.5. The highest BCUT2D eigenvalue weighted by Gasteiger charge is 2.15. The zero-order valence-electron chi connectivity index (χ0n) is 11.5. The maximum absolute atomic E-state index is 12.0.